The number of halogens is 1. The molecule has 1 saturated carbocycles. The third kappa shape index (κ3) is 3.77. The van der Waals surface area contributed by atoms with Crippen LogP contribution in [0, 0.1) is 5.92 Å². The van der Waals surface area contributed by atoms with Gasteiger partial charge < -0.3 is 16.4 Å². The van der Waals surface area contributed by atoms with Crippen LogP contribution in [0.3, 0.4) is 0 Å². The highest BCUT2D eigenvalue weighted by molar-refractivity contribution is 6.10. The van der Waals surface area contributed by atoms with Gasteiger partial charge in [-0.25, -0.2) is 4.79 Å². The molecule has 1 aliphatic heterocycles. The molecule has 4 N–H and O–H groups in total. The molecule has 7 nitrogen and oxygen atoms in total. The SMILES string of the molecule is CCC1CCC2(CC1)NC(=O)N(CC(=O)Nc1ccccc1N)C2=O.Cl. The predicted octanol–water partition coefficient (Wildman–Crippen LogP) is 2.52. The van der Waals surface area contributed by atoms with Crippen molar-refractivity contribution in [2.45, 2.75) is 44.6 Å². The molecule has 0 bridgehead atoms. The van der Waals surface area contributed by atoms with Crippen LogP contribution in [-0.4, -0.2) is 34.8 Å². The molecule has 1 saturated heterocycles. The van der Waals surface area contributed by atoms with Crippen molar-refractivity contribution < 1.29 is 14.4 Å². The summed E-state index contributed by atoms with van der Waals surface area (Å²) >= 11 is 0. The van der Waals surface area contributed by atoms with Crippen molar-refractivity contribution in [3.63, 3.8) is 0 Å². The van der Waals surface area contributed by atoms with Crippen LogP contribution in [0.5, 0.6) is 0 Å². The van der Waals surface area contributed by atoms with Gasteiger partial charge >= 0.3 is 6.03 Å². The molecule has 0 radical (unpaired) electrons. The van der Waals surface area contributed by atoms with E-state index in [-0.39, 0.29) is 24.9 Å². The number of hydrogen-bond donors (Lipinski definition) is 3. The standard InChI is InChI=1S/C18H24N4O3.ClH/c1-2-12-7-9-18(10-8-12)16(24)22(17(25)21-18)11-15(23)20-14-6-4-3-5-13(14)19;/h3-6,12H,2,7-11,19H2,1H3,(H,20,23)(H,21,25);1H. The Morgan fingerprint density at radius 1 is 1.31 bits per heavy atom. The minimum absolute atomic E-state index is 0. The number of nitrogens with two attached hydrogens (primary N) is 1. The van der Waals surface area contributed by atoms with Crippen molar-refractivity contribution in [1.82, 2.24) is 10.2 Å². The van der Waals surface area contributed by atoms with Crippen LogP contribution in [0.15, 0.2) is 24.3 Å². The van der Waals surface area contributed by atoms with Gasteiger partial charge in [0.25, 0.3) is 5.91 Å². The number of nitrogens with zero attached hydrogens (tertiary/aromatic N) is 1. The van der Waals surface area contributed by atoms with Crippen molar-refractivity contribution in [3.05, 3.63) is 24.3 Å². The Hall–Kier alpha value is -2.28. The summed E-state index contributed by atoms with van der Waals surface area (Å²) in [4.78, 5) is 38.3. The smallest absolute Gasteiger partial charge is 0.325 e. The van der Waals surface area contributed by atoms with Crippen LogP contribution < -0.4 is 16.4 Å². The first-order valence-corrected chi connectivity index (χ1v) is 8.73. The zero-order valence-corrected chi connectivity index (χ0v) is 15.6. The Labute approximate surface area is 159 Å². The van der Waals surface area contributed by atoms with Gasteiger partial charge in [0.15, 0.2) is 0 Å². The van der Waals surface area contributed by atoms with E-state index in [0.29, 0.717) is 30.1 Å². The number of anilines is 2. The van der Waals surface area contributed by atoms with Crippen LogP contribution in [0.2, 0.25) is 0 Å². The lowest BCUT2D eigenvalue weighted by Crippen LogP contribution is -2.49. The molecule has 3 rings (SSSR count). The Morgan fingerprint density at radius 2 is 1.96 bits per heavy atom. The normalized spacial score (nSPS) is 25.0. The van der Waals surface area contributed by atoms with Crippen molar-refractivity contribution in [1.29, 1.82) is 0 Å². The van der Waals surface area contributed by atoms with Crippen LogP contribution >= 0.6 is 12.4 Å². The lowest BCUT2D eigenvalue weighted by atomic mass is 9.75. The number of carbonyl (C=O) groups is 3. The molecule has 1 aromatic rings. The maximum Gasteiger partial charge on any atom is 0.325 e. The number of amides is 4. The molecule has 0 unspecified atom stereocenters. The number of imide groups is 1. The van der Waals surface area contributed by atoms with Gasteiger partial charge in [-0.2, -0.15) is 0 Å². The summed E-state index contributed by atoms with van der Waals surface area (Å²) in [6, 6.07) is 6.37. The van der Waals surface area contributed by atoms with E-state index in [2.05, 4.69) is 17.6 Å². The Morgan fingerprint density at radius 3 is 2.58 bits per heavy atom. The summed E-state index contributed by atoms with van der Waals surface area (Å²) in [7, 11) is 0. The molecule has 4 amide bonds. The highest BCUT2D eigenvalue weighted by atomic mass is 35.5. The number of carbonyl (C=O) groups excluding carboxylic acids is 3. The van der Waals surface area contributed by atoms with E-state index in [4.69, 9.17) is 5.73 Å². The molecule has 0 atom stereocenters. The topological polar surface area (TPSA) is 105 Å². The average Bonchev–Trinajstić information content (AvgIpc) is 2.82. The Kier molecular flexibility index (Phi) is 6.13. The number of hydrogen-bond acceptors (Lipinski definition) is 4. The maximum absolute atomic E-state index is 12.8. The fraction of sp³-hybridized carbons (Fsp3) is 0.500. The zero-order valence-electron chi connectivity index (χ0n) is 14.8. The van der Waals surface area contributed by atoms with Crippen LogP contribution in [0.25, 0.3) is 0 Å². The first-order valence-electron chi connectivity index (χ1n) is 8.73. The van der Waals surface area contributed by atoms with Crippen molar-refractivity contribution in [2.75, 3.05) is 17.6 Å². The molecule has 2 aliphatic rings. The number of rotatable bonds is 4. The number of nitrogens with one attached hydrogen (secondary N) is 2. The Bertz CT molecular complexity index is 701. The van der Waals surface area contributed by atoms with Crippen LogP contribution in [-0.2, 0) is 9.59 Å². The van der Waals surface area contributed by atoms with Gasteiger partial charge in [-0.05, 0) is 43.7 Å². The van der Waals surface area contributed by atoms with Crippen LogP contribution in [0.4, 0.5) is 16.2 Å². The minimum atomic E-state index is -0.825. The fourth-order valence-corrected chi connectivity index (χ4v) is 3.68. The van der Waals surface area contributed by atoms with E-state index in [9.17, 15) is 14.4 Å². The number of benzene rings is 1. The molecule has 26 heavy (non-hydrogen) atoms. The molecule has 1 spiro atoms. The summed E-state index contributed by atoms with van der Waals surface area (Å²) in [6.07, 6.45) is 4.20. The summed E-state index contributed by atoms with van der Waals surface area (Å²) in [5, 5.41) is 5.48. The first-order chi connectivity index (χ1) is 11.9. The number of urea groups is 1. The molecular formula is C18H25ClN4O3. The van der Waals surface area contributed by atoms with Gasteiger partial charge in [-0.15, -0.1) is 12.4 Å². The van der Waals surface area contributed by atoms with Gasteiger partial charge in [0.1, 0.15) is 12.1 Å². The zero-order chi connectivity index (χ0) is 18.0. The third-order valence-electron chi connectivity index (χ3n) is 5.32. The highest BCUT2D eigenvalue weighted by Crippen LogP contribution is 2.37. The van der Waals surface area contributed by atoms with Crippen molar-refractivity contribution in [2.24, 2.45) is 5.92 Å². The molecule has 0 aromatic heterocycles. The number of para-hydroxylation sites is 2. The van der Waals surface area contributed by atoms with Crippen molar-refractivity contribution in [3.8, 4) is 0 Å². The van der Waals surface area contributed by atoms with E-state index in [0.717, 1.165) is 24.2 Å². The van der Waals surface area contributed by atoms with E-state index >= 15 is 0 Å². The molecule has 1 heterocycles. The quantitative estimate of drug-likeness (QED) is 0.551. The summed E-state index contributed by atoms with van der Waals surface area (Å²) in [6.45, 7) is 1.83. The highest BCUT2D eigenvalue weighted by Gasteiger charge is 2.52. The maximum atomic E-state index is 12.8. The van der Waals surface area contributed by atoms with E-state index in [1.807, 2.05) is 0 Å². The summed E-state index contributed by atoms with van der Waals surface area (Å²) in [5.74, 6) is -0.127. The molecule has 142 valence electrons. The van der Waals surface area contributed by atoms with E-state index in [1.54, 1.807) is 24.3 Å². The lowest BCUT2D eigenvalue weighted by Gasteiger charge is -2.34. The third-order valence-corrected chi connectivity index (χ3v) is 5.32. The van der Waals surface area contributed by atoms with E-state index < -0.39 is 17.5 Å². The fourth-order valence-electron chi connectivity index (χ4n) is 3.68. The summed E-state index contributed by atoms with van der Waals surface area (Å²) in [5.41, 5.74) is 5.87. The first kappa shape index (κ1) is 20.0. The largest absolute Gasteiger partial charge is 0.397 e. The predicted molar refractivity (Wildman–Crippen MR) is 102 cm³/mol. The van der Waals surface area contributed by atoms with Gasteiger partial charge in [0, 0.05) is 0 Å². The molecule has 2 fully saturated rings. The van der Waals surface area contributed by atoms with Gasteiger partial charge in [0.05, 0.1) is 11.4 Å². The number of nitrogen functional groups attached to an aromatic ring is 1. The van der Waals surface area contributed by atoms with Crippen molar-refractivity contribution >= 4 is 41.6 Å². The summed E-state index contributed by atoms with van der Waals surface area (Å²) < 4.78 is 0. The second-order valence-electron chi connectivity index (χ2n) is 6.89. The monoisotopic (exact) mass is 380 g/mol. The average molecular weight is 381 g/mol. The second-order valence-corrected chi connectivity index (χ2v) is 6.89. The van der Waals surface area contributed by atoms with Gasteiger partial charge in [-0.1, -0.05) is 25.5 Å². The van der Waals surface area contributed by atoms with Gasteiger partial charge in [0.2, 0.25) is 5.91 Å². The lowest BCUT2D eigenvalue weighted by molar-refractivity contribution is -0.135. The Balaban J connectivity index is 0.00000243. The minimum Gasteiger partial charge on any atom is -0.397 e. The second kappa shape index (κ2) is 7.95. The molecule has 1 aromatic carbocycles. The van der Waals surface area contributed by atoms with E-state index in [1.165, 1.54) is 0 Å². The molecule has 8 heteroatoms. The molecular weight excluding hydrogens is 356 g/mol. The van der Waals surface area contributed by atoms with Gasteiger partial charge in [-0.3, -0.25) is 14.5 Å². The molecule has 1 aliphatic carbocycles. The van der Waals surface area contributed by atoms with Crippen LogP contribution in [0.1, 0.15) is 39.0 Å².